The number of halogens is 2. The molecule has 2 nitrogen and oxygen atoms in total. The van der Waals surface area contributed by atoms with Crippen LogP contribution in [-0.2, 0) is 12.8 Å². The van der Waals surface area contributed by atoms with Crippen molar-refractivity contribution < 1.29 is 0 Å². The van der Waals surface area contributed by atoms with E-state index in [1.807, 2.05) is 24.3 Å². The normalized spacial score (nSPS) is 10.6. The minimum absolute atomic E-state index is 0.690. The van der Waals surface area contributed by atoms with Crippen LogP contribution in [0.3, 0.4) is 0 Å². The van der Waals surface area contributed by atoms with Gasteiger partial charge in [-0.1, -0.05) is 35.3 Å². The van der Waals surface area contributed by atoms with Gasteiger partial charge in [-0.3, -0.25) is 0 Å². The maximum Gasteiger partial charge on any atom is 0.0458 e. The number of rotatable bonds is 4. The number of anilines is 2. The van der Waals surface area contributed by atoms with Gasteiger partial charge in [0.2, 0.25) is 0 Å². The smallest absolute Gasteiger partial charge is 0.0458 e. The Balaban J connectivity index is 1.96. The highest BCUT2D eigenvalue weighted by Crippen LogP contribution is 2.23. The van der Waals surface area contributed by atoms with Gasteiger partial charge >= 0.3 is 0 Å². The summed E-state index contributed by atoms with van der Waals surface area (Å²) in [6, 6.07) is 11.3. The van der Waals surface area contributed by atoms with Crippen molar-refractivity contribution in [2.24, 2.45) is 0 Å². The average molecular weight is 295 g/mol. The van der Waals surface area contributed by atoms with Gasteiger partial charge in [0, 0.05) is 21.4 Å². The Bertz CT molecular complexity index is 531. The Morgan fingerprint density at radius 3 is 1.53 bits per heavy atom. The summed E-state index contributed by atoms with van der Waals surface area (Å²) >= 11 is 12.3. The van der Waals surface area contributed by atoms with E-state index in [2.05, 4.69) is 0 Å². The lowest BCUT2D eigenvalue weighted by Gasteiger charge is -2.07. The zero-order chi connectivity index (χ0) is 13.8. The van der Waals surface area contributed by atoms with Crippen molar-refractivity contribution in [1.82, 2.24) is 0 Å². The third-order valence-corrected chi connectivity index (χ3v) is 3.75. The standard InChI is InChI=1S/C15H16Cl2N2/c16-14-8-12(18)6-4-10(14)2-1-3-11-5-7-13(19)9-15(11)17/h4-9H,1-3,18-19H2. The number of hydrogen-bond acceptors (Lipinski definition) is 2. The molecule has 2 rings (SSSR count). The van der Waals surface area contributed by atoms with E-state index < -0.39 is 0 Å². The molecule has 0 aliphatic carbocycles. The van der Waals surface area contributed by atoms with Gasteiger partial charge in [0.1, 0.15) is 0 Å². The largest absolute Gasteiger partial charge is 0.399 e. The lowest BCUT2D eigenvalue weighted by Crippen LogP contribution is -1.94. The summed E-state index contributed by atoms with van der Waals surface area (Å²) in [6.45, 7) is 0. The van der Waals surface area contributed by atoms with Gasteiger partial charge < -0.3 is 11.5 Å². The summed E-state index contributed by atoms with van der Waals surface area (Å²) in [5, 5.41) is 1.45. The van der Waals surface area contributed by atoms with Crippen molar-refractivity contribution in [3.8, 4) is 0 Å². The number of aryl methyl sites for hydroxylation is 2. The molecule has 4 heteroatoms. The summed E-state index contributed by atoms with van der Waals surface area (Å²) in [4.78, 5) is 0. The lowest BCUT2D eigenvalue weighted by molar-refractivity contribution is 0.821. The van der Waals surface area contributed by atoms with Crippen molar-refractivity contribution >= 4 is 34.6 Å². The van der Waals surface area contributed by atoms with Crippen LogP contribution in [0.4, 0.5) is 11.4 Å². The first-order valence-corrected chi connectivity index (χ1v) is 6.89. The molecule has 0 aliphatic heterocycles. The maximum atomic E-state index is 6.14. The minimum Gasteiger partial charge on any atom is -0.399 e. The molecule has 0 heterocycles. The second-order valence-electron chi connectivity index (χ2n) is 4.56. The molecule has 0 amide bonds. The first-order valence-electron chi connectivity index (χ1n) is 6.14. The molecule has 4 N–H and O–H groups in total. The second kappa shape index (κ2) is 6.18. The number of nitrogens with two attached hydrogens (primary N) is 2. The molecule has 0 atom stereocenters. The van der Waals surface area contributed by atoms with E-state index in [4.69, 9.17) is 34.7 Å². The van der Waals surface area contributed by atoms with Gasteiger partial charge in [-0.05, 0) is 54.7 Å². The fourth-order valence-corrected chi connectivity index (χ4v) is 2.57. The molecule has 2 aromatic rings. The molecule has 0 aliphatic rings. The van der Waals surface area contributed by atoms with Gasteiger partial charge in [0.15, 0.2) is 0 Å². The van der Waals surface area contributed by atoms with Gasteiger partial charge in [0.05, 0.1) is 0 Å². The minimum atomic E-state index is 0.690. The predicted molar refractivity (Wildman–Crippen MR) is 83.8 cm³/mol. The van der Waals surface area contributed by atoms with Crippen LogP contribution in [0.25, 0.3) is 0 Å². The van der Waals surface area contributed by atoms with Crippen molar-refractivity contribution in [1.29, 1.82) is 0 Å². The molecule has 0 bridgehead atoms. The number of nitrogen functional groups attached to an aromatic ring is 2. The van der Waals surface area contributed by atoms with Crippen LogP contribution in [0.1, 0.15) is 17.5 Å². The monoisotopic (exact) mass is 294 g/mol. The molecule has 0 unspecified atom stereocenters. The van der Waals surface area contributed by atoms with Crippen LogP contribution >= 0.6 is 23.2 Å². The van der Waals surface area contributed by atoms with Crippen LogP contribution in [0.5, 0.6) is 0 Å². The van der Waals surface area contributed by atoms with Crippen LogP contribution < -0.4 is 11.5 Å². The Kier molecular flexibility index (Phi) is 4.56. The Morgan fingerprint density at radius 1 is 0.737 bits per heavy atom. The molecule has 0 spiro atoms. The maximum absolute atomic E-state index is 6.14. The molecule has 100 valence electrons. The van der Waals surface area contributed by atoms with Crippen LogP contribution in [-0.4, -0.2) is 0 Å². The van der Waals surface area contributed by atoms with Crippen LogP contribution in [0, 0.1) is 0 Å². The van der Waals surface area contributed by atoms with Crippen molar-refractivity contribution in [2.75, 3.05) is 11.5 Å². The third kappa shape index (κ3) is 3.79. The van der Waals surface area contributed by atoms with E-state index in [0.717, 1.165) is 40.4 Å². The van der Waals surface area contributed by atoms with E-state index in [1.165, 1.54) is 0 Å². The summed E-state index contributed by atoms with van der Waals surface area (Å²) in [7, 11) is 0. The molecule has 0 fully saturated rings. The summed E-state index contributed by atoms with van der Waals surface area (Å²) < 4.78 is 0. The Hall–Kier alpha value is -1.38. The topological polar surface area (TPSA) is 52.0 Å². The van der Waals surface area contributed by atoms with E-state index >= 15 is 0 Å². The number of hydrogen-bond donors (Lipinski definition) is 2. The van der Waals surface area contributed by atoms with E-state index in [0.29, 0.717) is 11.4 Å². The quantitative estimate of drug-likeness (QED) is 0.825. The van der Waals surface area contributed by atoms with Gasteiger partial charge in [-0.2, -0.15) is 0 Å². The van der Waals surface area contributed by atoms with Gasteiger partial charge in [-0.15, -0.1) is 0 Å². The van der Waals surface area contributed by atoms with Gasteiger partial charge in [0.25, 0.3) is 0 Å². The highest BCUT2D eigenvalue weighted by Gasteiger charge is 2.04. The zero-order valence-electron chi connectivity index (χ0n) is 10.5. The van der Waals surface area contributed by atoms with E-state index in [-0.39, 0.29) is 0 Å². The average Bonchev–Trinajstić information content (AvgIpc) is 2.34. The summed E-state index contributed by atoms with van der Waals surface area (Å²) in [5.74, 6) is 0. The fraction of sp³-hybridized carbons (Fsp3) is 0.200. The molecule has 2 aromatic carbocycles. The summed E-state index contributed by atoms with van der Waals surface area (Å²) in [5.41, 5.74) is 14.9. The first kappa shape index (κ1) is 14.0. The first-order chi connectivity index (χ1) is 9.06. The highest BCUT2D eigenvalue weighted by atomic mass is 35.5. The fourth-order valence-electron chi connectivity index (χ4n) is 2.00. The SMILES string of the molecule is Nc1ccc(CCCc2ccc(N)cc2Cl)c(Cl)c1. The van der Waals surface area contributed by atoms with Crippen LogP contribution in [0.15, 0.2) is 36.4 Å². The Labute approximate surface area is 123 Å². The second-order valence-corrected chi connectivity index (χ2v) is 5.37. The van der Waals surface area contributed by atoms with Crippen molar-refractivity contribution in [3.05, 3.63) is 57.6 Å². The van der Waals surface area contributed by atoms with E-state index in [9.17, 15) is 0 Å². The van der Waals surface area contributed by atoms with Gasteiger partial charge in [-0.25, -0.2) is 0 Å². The van der Waals surface area contributed by atoms with Crippen molar-refractivity contribution in [2.45, 2.75) is 19.3 Å². The molecular formula is C15H16Cl2N2. The predicted octanol–water partition coefficient (Wildman–Crippen LogP) is 4.33. The van der Waals surface area contributed by atoms with Crippen molar-refractivity contribution in [3.63, 3.8) is 0 Å². The zero-order valence-corrected chi connectivity index (χ0v) is 12.0. The molecule has 0 aromatic heterocycles. The molecule has 0 saturated carbocycles. The molecule has 0 saturated heterocycles. The van der Waals surface area contributed by atoms with E-state index in [1.54, 1.807) is 12.1 Å². The molecule has 19 heavy (non-hydrogen) atoms. The third-order valence-electron chi connectivity index (χ3n) is 3.05. The highest BCUT2D eigenvalue weighted by molar-refractivity contribution is 6.32. The van der Waals surface area contributed by atoms with Crippen LogP contribution in [0.2, 0.25) is 10.0 Å². The lowest BCUT2D eigenvalue weighted by atomic mass is 10.0. The summed E-state index contributed by atoms with van der Waals surface area (Å²) in [6.07, 6.45) is 2.78. The molecular weight excluding hydrogens is 279 g/mol. The molecule has 0 radical (unpaired) electrons. The number of benzene rings is 2. The Morgan fingerprint density at radius 2 is 1.16 bits per heavy atom.